The molecule has 2 aromatic rings. The van der Waals surface area contributed by atoms with Crippen LogP contribution in [-0.2, 0) is 6.42 Å². The molecule has 16 heavy (non-hydrogen) atoms. The fourth-order valence-electron chi connectivity index (χ4n) is 1.79. The van der Waals surface area contributed by atoms with Gasteiger partial charge in [0.2, 0.25) is 0 Å². The Hall–Kier alpha value is -1.52. The standard InChI is InChI=1S/C12H16N2O2/c1-8(15)13-5-4-9-7-14-12-3-2-10(16)6-11(9)12/h2-3,6-8,13-16H,4-5H2,1H3. The number of phenols is 1. The molecule has 0 spiro atoms. The maximum atomic E-state index is 9.42. The molecule has 0 bridgehead atoms. The van der Waals surface area contributed by atoms with E-state index in [9.17, 15) is 5.11 Å². The van der Waals surface area contributed by atoms with Gasteiger partial charge in [-0.2, -0.15) is 0 Å². The molecule has 1 unspecified atom stereocenters. The van der Waals surface area contributed by atoms with Crippen LogP contribution in [0.15, 0.2) is 24.4 Å². The minimum atomic E-state index is -0.487. The second kappa shape index (κ2) is 4.55. The topological polar surface area (TPSA) is 68.3 Å². The van der Waals surface area contributed by atoms with Crippen molar-refractivity contribution < 1.29 is 10.2 Å². The van der Waals surface area contributed by atoms with Crippen LogP contribution in [0, 0.1) is 0 Å². The van der Waals surface area contributed by atoms with E-state index in [0.29, 0.717) is 6.54 Å². The lowest BCUT2D eigenvalue weighted by atomic mass is 10.1. The van der Waals surface area contributed by atoms with Crippen LogP contribution in [0.4, 0.5) is 0 Å². The van der Waals surface area contributed by atoms with Crippen LogP contribution in [0.5, 0.6) is 5.75 Å². The zero-order valence-corrected chi connectivity index (χ0v) is 9.20. The first-order chi connectivity index (χ1) is 7.66. The molecule has 0 aliphatic carbocycles. The lowest BCUT2D eigenvalue weighted by Gasteiger charge is -2.06. The number of aromatic nitrogens is 1. The summed E-state index contributed by atoms with van der Waals surface area (Å²) in [5.41, 5.74) is 2.16. The number of aliphatic hydroxyl groups excluding tert-OH is 1. The quantitative estimate of drug-likeness (QED) is 0.588. The van der Waals surface area contributed by atoms with Gasteiger partial charge in [-0.15, -0.1) is 0 Å². The van der Waals surface area contributed by atoms with Gasteiger partial charge in [0.05, 0.1) is 0 Å². The van der Waals surface area contributed by atoms with Gasteiger partial charge in [0.15, 0.2) is 0 Å². The summed E-state index contributed by atoms with van der Waals surface area (Å²) in [7, 11) is 0. The molecule has 0 saturated carbocycles. The molecular weight excluding hydrogens is 204 g/mol. The van der Waals surface area contributed by atoms with E-state index in [-0.39, 0.29) is 5.75 Å². The molecule has 86 valence electrons. The van der Waals surface area contributed by atoms with E-state index >= 15 is 0 Å². The van der Waals surface area contributed by atoms with Gasteiger partial charge in [0, 0.05) is 23.6 Å². The second-order valence-corrected chi connectivity index (χ2v) is 3.92. The molecule has 1 heterocycles. The van der Waals surface area contributed by atoms with Crippen molar-refractivity contribution in [2.45, 2.75) is 19.6 Å². The Morgan fingerprint density at radius 3 is 3.00 bits per heavy atom. The average molecular weight is 220 g/mol. The third kappa shape index (κ3) is 2.35. The Morgan fingerprint density at radius 1 is 1.44 bits per heavy atom. The Morgan fingerprint density at radius 2 is 2.25 bits per heavy atom. The number of nitrogens with one attached hydrogen (secondary N) is 2. The summed E-state index contributed by atoms with van der Waals surface area (Å²) in [5.74, 6) is 0.275. The van der Waals surface area contributed by atoms with Gasteiger partial charge in [-0.25, -0.2) is 0 Å². The molecule has 4 nitrogen and oxygen atoms in total. The monoisotopic (exact) mass is 220 g/mol. The number of rotatable bonds is 4. The van der Waals surface area contributed by atoms with Crippen LogP contribution in [0.2, 0.25) is 0 Å². The first-order valence-corrected chi connectivity index (χ1v) is 5.37. The third-order valence-corrected chi connectivity index (χ3v) is 2.59. The number of fused-ring (bicyclic) bond motifs is 1. The number of aromatic hydroxyl groups is 1. The Labute approximate surface area is 93.9 Å². The molecule has 2 rings (SSSR count). The number of H-pyrrole nitrogens is 1. The summed E-state index contributed by atoms with van der Waals surface area (Å²) >= 11 is 0. The fourth-order valence-corrected chi connectivity index (χ4v) is 1.79. The van der Waals surface area contributed by atoms with Gasteiger partial charge in [0.1, 0.15) is 12.0 Å². The van der Waals surface area contributed by atoms with Gasteiger partial charge in [-0.1, -0.05) is 0 Å². The van der Waals surface area contributed by atoms with Crippen molar-refractivity contribution in [2.75, 3.05) is 6.54 Å². The fraction of sp³-hybridized carbons (Fsp3) is 0.333. The van der Waals surface area contributed by atoms with E-state index in [1.165, 1.54) is 0 Å². The largest absolute Gasteiger partial charge is 0.508 e. The summed E-state index contributed by atoms with van der Waals surface area (Å²) < 4.78 is 0. The number of aromatic amines is 1. The zero-order chi connectivity index (χ0) is 11.5. The van der Waals surface area contributed by atoms with Crippen molar-refractivity contribution in [3.05, 3.63) is 30.0 Å². The maximum absolute atomic E-state index is 9.42. The van der Waals surface area contributed by atoms with Gasteiger partial charge in [-0.05, 0) is 37.1 Å². The first kappa shape index (κ1) is 11.0. The smallest absolute Gasteiger partial charge is 0.116 e. The summed E-state index contributed by atoms with van der Waals surface area (Å²) in [6.07, 6.45) is 2.26. The van der Waals surface area contributed by atoms with E-state index in [1.807, 2.05) is 12.3 Å². The number of hydrogen-bond donors (Lipinski definition) is 4. The van der Waals surface area contributed by atoms with Crippen molar-refractivity contribution in [3.8, 4) is 5.75 Å². The van der Waals surface area contributed by atoms with Crippen molar-refractivity contribution in [2.24, 2.45) is 0 Å². The zero-order valence-electron chi connectivity index (χ0n) is 9.20. The minimum Gasteiger partial charge on any atom is -0.508 e. The van der Waals surface area contributed by atoms with Crippen molar-refractivity contribution in [1.82, 2.24) is 10.3 Å². The van der Waals surface area contributed by atoms with Gasteiger partial charge < -0.3 is 15.2 Å². The molecular formula is C12H16N2O2. The van der Waals surface area contributed by atoms with Crippen molar-refractivity contribution >= 4 is 10.9 Å². The van der Waals surface area contributed by atoms with Crippen LogP contribution in [0.1, 0.15) is 12.5 Å². The highest BCUT2D eigenvalue weighted by atomic mass is 16.3. The summed E-state index contributed by atoms with van der Waals surface area (Å²) in [6, 6.07) is 5.27. The van der Waals surface area contributed by atoms with Crippen LogP contribution < -0.4 is 5.32 Å². The van der Waals surface area contributed by atoms with Crippen LogP contribution in [0.25, 0.3) is 10.9 Å². The predicted octanol–water partition coefficient (Wildman–Crippen LogP) is 1.34. The molecule has 0 saturated heterocycles. The van der Waals surface area contributed by atoms with E-state index in [4.69, 9.17) is 5.11 Å². The Kier molecular flexibility index (Phi) is 3.12. The average Bonchev–Trinajstić information content (AvgIpc) is 2.60. The van der Waals surface area contributed by atoms with E-state index in [0.717, 1.165) is 22.9 Å². The maximum Gasteiger partial charge on any atom is 0.116 e. The molecule has 4 N–H and O–H groups in total. The number of aliphatic hydroxyl groups is 1. The lowest BCUT2D eigenvalue weighted by Crippen LogP contribution is -2.27. The molecule has 1 atom stereocenters. The van der Waals surface area contributed by atoms with Crippen molar-refractivity contribution in [1.29, 1.82) is 0 Å². The van der Waals surface area contributed by atoms with Gasteiger partial charge in [0.25, 0.3) is 0 Å². The summed E-state index contributed by atoms with van der Waals surface area (Å²) in [6.45, 7) is 2.40. The predicted molar refractivity (Wildman–Crippen MR) is 63.4 cm³/mol. The Bertz CT molecular complexity index is 477. The molecule has 4 heteroatoms. The summed E-state index contributed by atoms with van der Waals surface area (Å²) in [4.78, 5) is 3.15. The summed E-state index contributed by atoms with van der Waals surface area (Å²) in [5, 5.41) is 22.5. The minimum absolute atomic E-state index is 0.275. The highest BCUT2D eigenvalue weighted by Gasteiger charge is 2.04. The molecule has 0 aliphatic rings. The van der Waals surface area contributed by atoms with Crippen LogP contribution in [0.3, 0.4) is 0 Å². The molecule has 1 aromatic heterocycles. The first-order valence-electron chi connectivity index (χ1n) is 5.37. The van der Waals surface area contributed by atoms with Gasteiger partial charge >= 0.3 is 0 Å². The van der Waals surface area contributed by atoms with E-state index < -0.39 is 6.23 Å². The van der Waals surface area contributed by atoms with Gasteiger partial charge in [-0.3, -0.25) is 5.32 Å². The third-order valence-electron chi connectivity index (χ3n) is 2.59. The molecule has 0 radical (unpaired) electrons. The van der Waals surface area contributed by atoms with Crippen LogP contribution >= 0.6 is 0 Å². The van der Waals surface area contributed by atoms with E-state index in [1.54, 1.807) is 19.1 Å². The molecule has 0 aliphatic heterocycles. The number of hydrogen-bond acceptors (Lipinski definition) is 3. The van der Waals surface area contributed by atoms with Crippen molar-refractivity contribution in [3.63, 3.8) is 0 Å². The Balaban J connectivity index is 2.15. The lowest BCUT2D eigenvalue weighted by molar-refractivity contribution is 0.157. The second-order valence-electron chi connectivity index (χ2n) is 3.92. The molecule has 1 aromatic carbocycles. The molecule has 0 amide bonds. The molecule has 0 fully saturated rings. The number of benzene rings is 1. The number of phenolic OH excluding ortho intramolecular Hbond substituents is 1. The highest BCUT2D eigenvalue weighted by Crippen LogP contribution is 2.22. The highest BCUT2D eigenvalue weighted by molar-refractivity contribution is 5.84. The SMILES string of the molecule is CC(O)NCCc1c[nH]c2ccc(O)cc12. The van der Waals surface area contributed by atoms with E-state index in [2.05, 4.69) is 10.3 Å². The van der Waals surface area contributed by atoms with Crippen LogP contribution in [-0.4, -0.2) is 28.0 Å². The normalized spacial score (nSPS) is 13.1.